The predicted octanol–water partition coefficient (Wildman–Crippen LogP) is 20.3. The number of nitrogens with zero attached hydrogens (tertiary/aromatic N) is 1. The molecule has 9 nitrogen and oxygen atoms in total. The molecule has 10 heteroatoms. The van der Waals surface area contributed by atoms with E-state index in [4.69, 9.17) is 18.5 Å². The van der Waals surface area contributed by atoms with Crippen LogP contribution in [-0.2, 0) is 32.7 Å². The first-order valence-electron chi connectivity index (χ1n) is 32.1. The Kier molecular flexibility index (Phi) is 58.6. The predicted molar refractivity (Wildman–Crippen MR) is 359 cm³/mol. The van der Waals surface area contributed by atoms with Gasteiger partial charge in [-0.05, 0) is 128 Å². The van der Waals surface area contributed by atoms with Crippen molar-refractivity contribution in [2.24, 2.45) is 0 Å². The molecule has 0 aliphatic rings. The smallest absolute Gasteiger partial charge is 0.306 e. The lowest BCUT2D eigenvalue weighted by Gasteiger charge is -2.28. The molecule has 0 aromatic heterocycles. The molecule has 84 heavy (non-hydrogen) atoms. The normalized spacial score (nSPS) is 14.5. The van der Waals surface area contributed by atoms with Gasteiger partial charge in [0.15, 0.2) is 6.10 Å². The van der Waals surface area contributed by atoms with Gasteiger partial charge in [0.05, 0.1) is 27.7 Å². The summed E-state index contributed by atoms with van der Waals surface area (Å²) < 4.78 is 34.1. The van der Waals surface area contributed by atoms with Crippen molar-refractivity contribution in [2.45, 2.75) is 213 Å². The van der Waals surface area contributed by atoms with Crippen LogP contribution in [0.15, 0.2) is 194 Å². The average molecular weight is 1180 g/mol. The summed E-state index contributed by atoms with van der Waals surface area (Å²) in [7, 11) is 1.10. The first-order valence-corrected chi connectivity index (χ1v) is 33.6. The zero-order valence-corrected chi connectivity index (χ0v) is 54.1. The van der Waals surface area contributed by atoms with Gasteiger partial charge in [0.1, 0.15) is 19.8 Å². The quantitative estimate of drug-likeness (QED) is 0.0195. The van der Waals surface area contributed by atoms with Gasteiger partial charge in [-0.1, -0.05) is 260 Å². The van der Waals surface area contributed by atoms with Crippen molar-refractivity contribution < 1.29 is 42.1 Å². The molecule has 0 saturated heterocycles. The SMILES string of the molecule is CC/C=C\C/C=C\C/C=C\C/C=C\C/C=C\C/C=C\C/C=C\C/C=C\C/C=C\C/C=C\CCCCCCCCCCCCC(=O)OC(COC(=O)CC/C=C\C/C=C\C/C=C\C/C=C\C/C=C\C/C=C\CC)COP(=O)([O-])OCC[N+](C)(C)C. The highest BCUT2D eigenvalue weighted by Crippen LogP contribution is 2.38. The molecule has 0 saturated carbocycles. The lowest BCUT2D eigenvalue weighted by Crippen LogP contribution is -2.37. The van der Waals surface area contributed by atoms with Crippen molar-refractivity contribution in [3.8, 4) is 0 Å². The summed E-state index contributed by atoms with van der Waals surface area (Å²) in [5.74, 6) is -0.952. The van der Waals surface area contributed by atoms with Crippen LogP contribution < -0.4 is 4.89 Å². The minimum Gasteiger partial charge on any atom is -0.756 e. The van der Waals surface area contributed by atoms with Crippen LogP contribution in [0.25, 0.3) is 0 Å². The molecule has 0 aliphatic carbocycles. The van der Waals surface area contributed by atoms with Gasteiger partial charge in [-0.2, -0.15) is 0 Å². The third-order valence-electron chi connectivity index (χ3n) is 12.6. The van der Waals surface area contributed by atoms with Gasteiger partial charge >= 0.3 is 11.9 Å². The molecular weight excluding hydrogens is 1060 g/mol. The van der Waals surface area contributed by atoms with Crippen molar-refractivity contribution in [3.63, 3.8) is 0 Å². The van der Waals surface area contributed by atoms with Gasteiger partial charge in [0.2, 0.25) is 0 Å². The number of phosphoric ester groups is 1. The number of ether oxygens (including phenoxy) is 2. The Morgan fingerprint density at radius 3 is 1.00 bits per heavy atom. The number of hydrogen-bond acceptors (Lipinski definition) is 8. The summed E-state index contributed by atoms with van der Waals surface area (Å²) in [5.41, 5.74) is 0. The van der Waals surface area contributed by atoms with E-state index in [9.17, 15) is 19.0 Å². The zero-order chi connectivity index (χ0) is 61.2. The standard InChI is InChI=1S/C74H116NO8P/c1-6-8-10-12-14-16-18-20-22-24-26-27-28-29-30-31-32-33-34-35-36-37-38-39-40-41-42-43-44-45-46-47-49-51-53-55-57-59-61-63-65-67-74(77)83-72(71-82-84(78,79)81-69-68-75(3,4)5)70-80-73(76)66-64-62-60-58-56-54-52-50-48-25-23-21-19-17-15-13-11-9-7-2/h8-11,14-17,20-23,26-27,29-30,32-33,35-36,38-39,41-42,44-45,48,50,54,56,60,62,72H,6-7,12-13,18-19,24-25,28,31,34,37,40,43,46-47,49,51-53,55,57-59,61,63-71H2,1-5H3/b10-8-,11-9-,16-14-,17-15-,22-20-,23-21-,27-26-,30-29-,33-32-,36-35-,39-38-,42-41-,45-44-,50-48-,56-54-,62-60-. The van der Waals surface area contributed by atoms with E-state index in [1.54, 1.807) is 0 Å². The minimum atomic E-state index is -4.67. The summed E-state index contributed by atoms with van der Waals surface area (Å²) in [6.07, 6.45) is 98.0. The molecule has 0 radical (unpaired) electrons. The Labute approximate surface area is 513 Å². The molecule has 0 aliphatic heterocycles. The van der Waals surface area contributed by atoms with E-state index in [-0.39, 0.29) is 26.1 Å². The van der Waals surface area contributed by atoms with Crippen molar-refractivity contribution in [1.29, 1.82) is 0 Å². The molecule has 0 aromatic carbocycles. The van der Waals surface area contributed by atoms with Crippen LogP contribution in [0.1, 0.15) is 206 Å². The molecule has 0 N–H and O–H groups in total. The van der Waals surface area contributed by atoms with Crippen LogP contribution >= 0.6 is 7.82 Å². The number of allylic oxidation sites excluding steroid dienone is 32. The van der Waals surface area contributed by atoms with E-state index in [1.165, 1.54) is 38.5 Å². The molecule has 0 fully saturated rings. The maximum absolute atomic E-state index is 12.8. The molecular formula is C74H116NO8P. The highest BCUT2D eigenvalue weighted by Gasteiger charge is 2.21. The van der Waals surface area contributed by atoms with Gasteiger partial charge in [-0.15, -0.1) is 0 Å². The molecule has 0 heterocycles. The third-order valence-corrected chi connectivity index (χ3v) is 13.6. The fourth-order valence-electron chi connectivity index (χ4n) is 7.77. The number of rotatable bonds is 56. The number of phosphoric acid groups is 1. The van der Waals surface area contributed by atoms with Gasteiger partial charge in [0, 0.05) is 12.8 Å². The number of carbonyl (C=O) groups is 2. The topological polar surface area (TPSA) is 111 Å². The number of quaternary nitrogens is 1. The van der Waals surface area contributed by atoms with E-state index in [1.807, 2.05) is 33.3 Å². The van der Waals surface area contributed by atoms with Gasteiger partial charge in [0.25, 0.3) is 7.82 Å². The molecule has 0 bridgehead atoms. The maximum Gasteiger partial charge on any atom is 0.306 e. The summed E-state index contributed by atoms with van der Waals surface area (Å²) in [5, 5.41) is 0. The Morgan fingerprint density at radius 2 is 0.667 bits per heavy atom. The van der Waals surface area contributed by atoms with Crippen LogP contribution in [0.5, 0.6) is 0 Å². The number of likely N-dealkylation sites (N-methyl/N-ethyl adjacent to an activating group) is 1. The second-order valence-electron chi connectivity index (χ2n) is 21.7. The van der Waals surface area contributed by atoms with Gasteiger partial charge < -0.3 is 27.9 Å². The third kappa shape index (κ3) is 66.0. The van der Waals surface area contributed by atoms with E-state index < -0.39 is 32.5 Å². The summed E-state index contributed by atoms with van der Waals surface area (Å²) in [4.78, 5) is 37.9. The molecule has 0 aromatic rings. The lowest BCUT2D eigenvalue weighted by molar-refractivity contribution is -0.870. The average Bonchev–Trinajstić information content (AvgIpc) is 3.61. The molecule has 2 atom stereocenters. The largest absolute Gasteiger partial charge is 0.756 e. The van der Waals surface area contributed by atoms with Crippen molar-refractivity contribution in [3.05, 3.63) is 194 Å². The second kappa shape index (κ2) is 62.4. The molecule has 0 amide bonds. The highest BCUT2D eigenvalue weighted by atomic mass is 31.2. The van der Waals surface area contributed by atoms with Crippen LogP contribution in [0.4, 0.5) is 0 Å². The Morgan fingerprint density at radius 1 is 0.369 bits per heavy atom. The van der Waals surface area contributed by atoms with E-state index in [2.05, 4.69) is 196 Å². The fourth-order valence-corrected chi connectivity index (χ4v) is 8.50. The zero-order valence-electron chi connectivity index (χ0n) is 53.3. The monoisotopic (exact) mass is 1180 g/mol. The Hall–Kier alpha value is -5.15. The number of hydrogen-bond donors (Lipinski definition) is 0. The van der Waals surface area contributed by atoms with Gasteiger partial charge in [-0.25, -0.2) is 0 Å². The molecule has 470 valence electrons. The second-order valence-corrected chi connectivity index (χ2v) is 23.1. The lowest BCUT2D eigenvalue weighted by atomic mass is 10.0. The Bertz CT molecular complexity index is 2120. The van der Waals surface area contributed by atoms with Crippen molar-refractivity contribution in [2.75, 3.05) is 47.5 Å². The minimum absolute atomic E-state index is 0.0535. The van der Waals surface area contributed by atoms with Crippen LogP contribution in [0.3, 0.4) is 0 Å². The first kappa shape index (κ1) is 78.8. The Balaban J connectivity index is 4.18. The van der Waals surface area contributed by atoms with E-state index in [0.717, 1.165) is 128 Å². The summed E-state index contributed by atoms with van der Waals surface area (Å²) in [6, 6.07) is 0. The van der Waals surface area contributed by atoms with Crippen molar-refractivity contribution >= 4 is 19.8 Å². The number of carbonyl (C=O) groups excluding carboxylic acids is 2. The summed E-state index contributed by atoms with van der Waals surface area (Å²) >= 11 is 0. The van der Waals surface area contributed by atoms with Crippen LogP contribution in [-0.4, -0.2) is 70.0 Å². The summed E-state index contributed by atoms with van der Waals surface area (Å²) in [6.45, 7) is 3.89. The number of unbranched alkanes of at least 4 members (excludes halogenated alkanes) is 10. The fraction of sp³-hybridized carbons (Fsp3) is 0.541. The molecule has 2 unspecified atom stereocenters. The van der Waals surface area contributed by atoms with Crippen LogP contribution in [0, 0.1) is 0 Å². The maximum atomic E-state index is 12.8. The molecule has 0 rings (SSSR count). The van der Waals surface area contributed by atoms with E-state index in [0.29, 0.717) is 23.9 Å². The van der Waals surface area contributed by atoms with Crippen LogP contribution in [0.2, 0.25) is 0 Å². The number of esters is 2. The molecule has 0 spiro atoms. The van der Waals surface area contributed by atoms with E-state index >= 15 is 0 Å². The highest BCUT2D eigenvalue weighted by molar-refractivity contribution is 7.45. The van der Waals surface area contributed by atoms with Gasteiger partial charge in [-0.3, -0.25) is 14.2 Å². The van der Waals surface area contributed by atoms with Crippen molar-refractivity contribution in [1.82, 2.24) is 0 Å². The first-order chi connectivity index (χ1) is 41.0.